The molecule has 0 aromatic carbocycles. The Morgan fingerprint density at radius 1 is 1.20 bits per heavy atom. The molecule has 0 radical (unpaired) electrons. The van der Waals surface area contributed by atoms with Crippen molar-refractivity contribution in [1.29, 1.82) is 0 Å². The molecule has 2 fully saturated rings. The van der Waals surface area contributed by atoms with Crippen LogP contribution in [0, 0.1) is 0 Å². The van der Waals surface area contributed by atoms with Crippen molar-refractivity contribution in [3.8, 4) is 0 Å². The molecule has 3 nitrogen and oxygen atoms in total. The van der Waals surface area contributed by atoms with Gasteiger partial charge in [-0.25, -0.2) is 0 Å². The van der Waals surface area contributed by atoms with Crippen molar-refractivity contribution in [3.05, 3.63) is 0 Å². The quantitative estimate of drug-likeness (QED) is 0.741. The van der Waals surface area contributed by atoms with E-state index in [0.717, 1.165) is 6.04 Å². The minimum atomic E-state index is 0.882. The van der Waals surface area contributed by atoms with Crippen LogP contribution in [0.1, 0.15) is 25.7 Å². The zero-order chi connectivity index (χ0) is 10.5. The summed E-state index contributed by atoms with van der Waals surface area (Å²) in [5.41, 5.74) is 0. The fourth-order valence-electron chi connectivity index (χ4n) is 2.83. The zero-order valence-electron chi connectivity index (χ0n) is 10.0. The highest BCUT2D eigenvalue weighted by Gasteiger charge is 2.20. The van der Waals surface area contributed by atoms with Gasteiger partial charge in [-0.1, -0.05) is 0 Å². The fraction of sp³-hybridized carbons (Fsp3) is 1.00. The summed E-state index contributed by atoms with van der Waals surface area (Å²) in [4.78, 5) is 5.14. The lowest BCUT2D eigenvalue weighted by Gasteiger charge is -2.28. The Bertz CT molecular complexity index is 178. The predicted octanol–water partition coefficient (Wildman–Crippen LogP) is 0.766. The molecule has 2 heterocycles. The van der Waals surface area contributed by atoms with E-state index in [4.69, 9.17) is 0 Å². The molecule has 0 amide bonds. The first kappa shape index (κ1) is 11.4. The Balaban J connectivity index is 1.57. The Labute approximate surface area is 93.8 Å². The summed E-state index contributed by atoms with van der Waals surface area (Å²) in [6, 6.07) is 0.882. The second kappa shape index (κ2) is 5.83. The van der Waals surface area contributed by atoms with Crippen molar-refractivity contribution in [1.82, 2.24) is 15.1 Å². The number of piperazine rings is 1. The smallest absolute Gasteiger partial charge is 0.0107 e. The summed E-state index contributed by atoms with van der Waals surface area (Å²) in [7, 11) is 2.28. The van der Waals surface area contributed by atoms with Crippen LogP contribution in [0.15, 0.2) is 0 Å². The van der Waals surface area contributed by atoms with Gasteiger partial charge in [0.1, 0.15) is 0 Å². The third-order valence-corrected chi connectivity index (χ3v) is 3.89. The van der Waals surface area contributed by atoms with E-state index in [1.807, 2.05) is 0 Å². The van der Waals surface area contributed by atoms with Crippen molar-refractivity contribution in [3.63, 3.8) is 0 Å². The molecule has 1 atom stereocenters. The molecule has 15 heavy (non-hydrogen) atoms. The van der Waals surface area contributed by atoms with E-state index < -0.39 is 0 Å². The van der Waals surface area contributed by atoms with Gasteiger partial charge in [0.2, 0.25) is 0 Å². The Kier molecular flexibility index (Phi) is 4.42. The summed E-state index contributed by atoms with van der Waals surface area (Å²) in [5.74, 6) is 0. The average molecular weight is 211 g/mol. The van der Waals surface area contributed by atoms with E-state index in [9.17, 15) is 0 Å². The van der Waals surface area contributed by atoms with Crippen molar-refractivity contribution in [2.24, 2.45) is 0 Å². The van der Waals surface area contributed by atoms with Crippen LogP contribution < -0.4 is 5.32 Å². The molecule has 0 aliphatic carbocycles. The minimum Gasteiger partial charge on any atom is -0.314 e. The van der Waals surface area contributed by atoms with Gasteiger partial charge in [0.15, 0.2) is 0 Å². The largest absolute Gasteiger partial charge is 0.314 e. The molecule has 1 N–H and O–H groups in total. The minimum absolute atomic E-state index is 0.882. The van der Waals surface area contributed by atoms with Crippen LogP contribution in [0.4, 0.5) is 0 Å². The molecule has 2 saturated heterocycles. The predicted molar refractivity (Wildman–Crippen MR) is 64.2 cm³/mol. The number of hydrogen-bond donors (Lipinski definition) is 1. The van der Waals surface area contributed by atoms with Crippen LogP contribution in [-0.2, 0) is 0 Å². The highest BCUT2D eigenvalue weighted by molar-refractivity contribution is 4.77. The van der Waals surface area contributed by atoms with Crippen LogP contribution >= 0.6 is 0 Å². The first-order valence-electron chi connectivity index (χ1n) is 6.49. The third-order valence-electron chi connectivity index (χ3n) is 3.89. The van der Waals surface area contributed by atoms with E-state index >= 15 is 0 Å². The fourth-order valence-corrected chi connectivity index (χ4v) is 2.83. The van der Waals surface area contributed by atoms with Crippen molar-refractivity contribution >= 4 is 0 Å². The van der Waals surface area contributed by atoms with E-state index in [0.29, 0.717) is 0 Å². The Morgan fingerprint density at radius 3 is 2.67 bits per heavy atom. The molecule has 2 aliphatic heterocycles. The summed E-state index contributed by atoms with van der Waals surface area (Å²) < 4.78 is 0. The molecule has 2 aliphatic rings. The van der Waals surface area contributed by atoms with E-state index in [-0.39, 0.29) is 0 Å². The van der Waals surface area contributed by atoms with Crippen LogP contribution in [-0.4, -0.2) is 62.2 Å². The van der Waals surface area contributed by atoms with Crippen LogP contribution in [0.5, 0.6) is 0 Å². The number of hydrogen-bond acceptors (Lipinski definition) is 3. The van der Waals surface area contributed by atoms with Gasteiger partial charge in [-0.05, 0) is 45.8 Å². The molecule has 0 saturated carbocycles. The highest BCUT2D eigenvalue weighted by atomic mass is 15.2. The van der Waals surface area contributed by atoms with Crippen LogP contribution in [0.2, 0.25) is 0 Å². The van der Waals surface area contributed by atoms with Crippen LogP contribution in [0.3, 0.4) is 0 Å². The second-order valence-electron chi connectivity index (χ2n) is 5.01. The lowest BCUT2D eigenvalue weighted by Crippen LogP contribution is -2.43. The van der Waals surface area contributed by atoms with E-state index in [2.05, 4.69) is 22.2 Å². The normalized spacial score (nSPS) is 29.8. The van der Waals surface area contributed by atoms with Crippen molar-refractivity contribution < 1.29 is 0 Å². The lowest BCUT2D eigenvalue weighted by molar-refractivity contribution is 0.221. The molecule has 0 aromatic heterocycles. The average Bonchev–Trinajstić information content (AvgIpc) is 2.66. The number of rotatable bonds is 4. The Morgan fingerprint density at radius 2 is 2.00 bits per heavy atom. The summed E-state index contributed by atoms with van der Waals surface area (Å²) in [6.07, 6.45) is 5.63. The van der Waals surface area contributed by atoms with Gasteiger partial charge in [-0.3, -0.25) is 0 Å². The van der Waals surface area contributed by atoms with Gasteiger partial charge in [0.25, 0.3) is 0 Å². The molecule has 0 aromatic rings. The zero-order valence-corrected chi connectivity index (χ0v) is 10.0. The van der Waals surface area contributed by atoms with Crippen molar-refractivity contribution in [2.75, 3.05) is 46.3 Å². The molecule has 3 heteroatoms. The van der Waals surface area contributed by atoms with Crippen molar-refractivity contribution in [2.45, 2.75) is 31.7 Å². The van der Waals surface area contributed by atoms with Gasteiger partial charge in [-0.2, -0.15) is 0 Å². The van der Waals surface area contributed by atoms with E-state index in [1.54, 1.807) is 0 Å². The lowest BCUT2D eigenvalue weighted by atomic mass is 10.1. The number of nitrogens with one attached hydrogen (secondary N) is 1. The summed E-state index contributed by atoms with van der Waals surface area (Å²) in [5, 5.41) is 3.40. The van der Waals surface area contributed by atoms with Gasteiger partial charge in [-0.15, -0.1) is 0 Å². The highest BCUT2D eigenvalue weighted by Crippen LogP contribution is 2.19. The second-order valence-corrected chi connectivity index (χ2v) is 5.01. The third kappa shape index (κ3) is 3.44. The number of nitrogens with zero attached hydrogens (tertiary/aromatic N) is 2. The van der Waals surface area contributed by atoms with Gasteiger partial charge >= 0.3 is 0 Å². The SMILES string of the molecule is CN1CCCC1CCCN1CCNCC1. The molecular weight excluding hydrogens is 186 g/mol. The summed E-state index contributed by atoms with van der Waals surface area (Å²) in [6.45, 7) is 7.50. The van der Waals surface area contributed by atoms with Gasteiger partial charge < -0.3 is 15.1 Å². The number of likely N-dealkylation sites (tertiary alicyclic amines) is 1. The maximum Gasteiger partial charge on any atom is 0.0107 e. The molecule has 1 unspecified atom stereocenters. The Hall–Kier alpha value is -0.120. The first-order chi connectivity index (χ1) is 7.36. The maximum atomic E-state index is 3.40. The molecule has 0 bridgehead atoms. The maximum absolute atomic E-state index is 3.40. The standard InChI is InChI=1S/C12H25N3/c1-14-8-2-4-12(14)5-3-9-15-10-6-13-7-11-15/h12-13H,2-11H2,1H3. The monoisotopic (exact) mass is 211 g/mol. The molecule has 88 valence electrons. The summed E-state index contributed by atoms with van der Waals surface area (Å²) >= 11 is 0. The van der Waals surface area contributed by atoms with Gasteiger partial charge in [0, 0.05) is 32.2 Å². The van der Waals surface area contributed by atoms with E-state index in [1.165, 1.54) is 65.0 Å². The topological polar surface area (TPSA) is 18.5 Å². The van der Waals surface area contributed by atoms with Crippen LogP contribution in [0.25, 0.3) is 0 Å². The molecule has 0 spiro atoms. The molecule has 2 rings (SSSR count). The van der Waals surface area contributed by atoms with Gasteiger partial charge in [0.05, 0.1) is 0 Å². The molecular formula is C12H25N3. The first-order valence-corrected chi connectivity index (χ1v) is 6.49.